The van der Waals surface area contributed by atoms with Crippen LogP contribution in [0.4, 0.5) is 17.6 Å². The third-order valence-corrected chi connectivity index (χ3v) is 2.83. The Morgan fingerprint density at radius 1 is 1.35 bits per heavy atom. The topological polar surface area (TPSA) is 15.3 Å². The molecular weight excluding hydrogens is 236 g/mol. The van der Waals surface area contributed by atoms with E-state index >= 15 is 0 Å². The van der Waals surface area contributed by atoms with Gasteiger partial charge in [-0.15, -0.1) is 0 Å². The van der Waals surface area contributed by atoms with Crippen LogP contribution in [0.3, 0.4) is 0 Å². The lowest BCUT2D eigenvalue weighted by Gasteiger charge is -2.35. The van der Waals surface area contributed by atoms with Crippen LogP contribution in [0.25, 0.3) is 0 Å². The van der Waals surface area contributed by atoms with Gasteiger partial charge in [0, 0.05) is 18.6 Å². The molecule has 1 N–H and O–H groups in total. The van der Waals surface area contributed by atoms with Gasteiger partial charge in [-0.1, -0.05) is 13.8 Å². The molecule has 0 aromatic carbocycles. The fraction of sp³-hybridized carbons (Fsp3) is 1.00. The normalized spacial score (nSPS) is 23.6. The van der Waals surface area contributed by atoms with Gasteiger partial charge in [-0.2, -0.15) is 8.78 Å². The predicted molar refractivity (Wildman–Crippen MR) is 58.7 cm³/mol. The van der Waals surface area contributed by atoms with E-state index in [1.807, 2.05) is 13.8 Å². The van der Waals surface area contributed by atoms with E-state index in [4.69, 9.17) is 0 Å². The number of halogens is 4. The zero-order valence-electron chi connectivity index (χ0n) is 10.2. The number of rotatable bonds is 5. The van der Waals surface area contributed by atoms with Crippen LogP contribution in [0, 0.1) is 0 Å². The maximum Gasteiger partial charge on any atom is 0.319 e. The second-order valence-corrected chi connectivity index (χ2v) is 4.96. The van der Waals surface area contributed by atoms with E-state index in [0.717, 1.165) is 12.8 Å². The Balaban J connectivity index is 2.44. The fourth-order valence-electron chi connectivity index (χ4n) is 2.17. The second kappa shape index (κ2) is 6.00. The Labute approximate surface area is 99.4 Å². The van der Waals surface area contributed by atoms with Crippen LogP contribution in [0.5, 0.6) is 0 Å². The van der Waals surface area contributed by atoms with Gasteiger partial charge in [0.1, 0.15) is 0 Å². The molecule has 0 radical (unpaired) electrons. The molecule has 1 aliphatic heterocycles. The molecule has 1 fully saturated rings. The quantitative estimate of drug-likeness (QED) is 0.760. The number of nitrogens with zero attached hydrogens (tertiary/aromatic N) is 1. The van der Waals surface area contributed by atoms with Crippen LogP contribution in [0.2, 0.25) is 0 Å². The second-order valence-electron chi connectivity index (χ2n) is 4.96. The van der Waals surface area contributed by atoms with E-state index in [1.165, 1.54) is 4.90 Å². The van der Waals surface area contributed by atoms with E-state index in [2.05, 4.69) is 5.32 Å². The summed E-state index contributed by atoms with van der Waals surface area (Å²) in [7, 11) is 0. The van der Waals surface area contributed by atoms with Crippen molar-refractivity contribution < 1.29 is 17.6 Å². The SMILES string of the molecule is CC(C)NC1CCCN(CC(F)(F)C(F)F)C1. The first-order valence-electron chi connectivity index (χ1n) is 5.95. The molecule has 1 unspecified atom stereocenters. The van der Waals surface area contributed by atoms with Gasteiger partial charge < -0.3 is 5.32 Å². The highest BCUT2D eigenvalue weighted by Gasteiger charge is 2.42. The highest BCUT2D eigenvalue weighted by molar-refractivity contribution is 4.83. The molecule has 1 atom stereocenters. The van der Waals surface area contributed by atoms with Gasteiger partial charge in [0.15, 0.2) is 0 Å². The van der Waals surface area contributed by atoms with Crippen LogP contribution in [0.15, 0.2) is 0 Å². The predicted octanol–water partition coefficient (Wildman–Crippen LogP) is 2.35. The van der Waals surface area contributed by atoms with Gasteiger partial charge in [0.2, 0.25) is 0 Å². The van der Waals surface area contributed by atoms with Crippen LogP contribution in [0.1, 0.15) is 26.7 Å². The van der Waals surface area contributed by atoms with E-state index in [-0.39, 0.29) is 12.1 Å². The summed E-state index contributed by atoms with van der Waals surface area (Å²) in [5, 5.41) is 3.25. The zero-order chi connectivity index (χ0) is 13.1. The Morgan fingerprint density at radius 2 is 2.00 bits per heavy atom. The smallest absolute Gasteiger partial charge is 0.311 e. The molecule has 0 aliphatic carbocycles. The molecule has 0 bridgehead atoms. The van der Waals surface area contributed by atoms with Crippen LogP contribution in [-0.2, 0) is 0 Å². The van der Waals surface area contributed by atoms with Gasteiger partial charge in [-0.3, -0.25) is 4.90 Å². The average Bonchev–Trinajstić information content (AvgIpc) is 2.15. The summed E-state index contributed by atoms with van der Waals surface area (Å²) in [6.07, 6.45) is -1.90. The summed E-state index contributed by atoms with van der Waals surface area (Å²) >= 11 is 0. The minimum Gasteiger partial charge on any atom is -0.311 e. The summed E-state index contributed by atoms with van der Waals surface area (Å²) in [4.78, 5) is 1.43. The number of piperidine rings is 1. The van der Waals surface area contributed by atoms with Crippen molar-refractivity contribution in [3.8, 4) is 0 Å². The lowest BCUT2D eigenvalue weighted by atomic mass is 10.0. The standard InChI is InChI=1S/C11H20F4N2/c1-8(2)16-9-4-3-5-17(6-9)7-11(14,15)10(12)13/h8-10,16H,3-7H2,1-2H3. The molecule has 1 rings (SSSR count). The molecule has 0 amide bonds. The Bertz CT molecular complexity index is 234. The molecule has 6 heteroatoms. The Morgan fingerprint density at radius 3 is 2.53 bits per heavy atom. The van der Waals surface area contributed by atoms with Crippen molar-refractivity contribution in [1.82, 2.24) is 10.2 Å². The van der Waals surface area contributed by atoms with Crippen molar-refractivity contribution in [3.05, 3.63) is 0 Å². The van der Waals surface area contributed by atoms with Crippen LogP contribution in [-0.4, -0.2) is 49.0 Å². The van der Waals surface area contributed by atoms with Crippen molar-refractivity contribution in [2.45, 2.75) is 51.1 Å². The van der Waals surface area contributed by atoms with Crippen molar-refractivity contribution in [1.29, 1.82) is 0 Å². The highest BCUT2D eigenvalue weighted by Crippen LogP contribution is 2.25. The third-order valence-electron chi connectivity index (χ3n) is 2.83. The van der Waals surface area contributed by atoms with Gasteiger partial charge in [0.25, 0.3) is 0 Å². The molecular formula is C11H20F4N2. The van der Waals surface area contributed by atoms with E-state index < -0.39 is 18.9 Å². The van der Waals surface area contributed by atoms with Crippen molar-refractivity contribution >= 4 is 0 Å². The first-order valence-corrected chi connectivity index (χ1v) is 5.95. The molecule has 0 saturated carbocycles. The fourth-order valence-corrected chi connectivity index (χ4v) is 2.17. The minimum atomic E-state index is -3.90. The number of nitrogens with one attached hydrogen (secondary N) is 1. The molecule has 0 aromatic heterocycles. The van der Waals surface area contributed by atoms with E-state index in [0.29, 0.717) is 13.1 Å². The average molecular weight is 256 g/mol. The van der Waals surface area contributed by atoms with Crippen molar-refractivity contribution in [3.63, 3.8) is 0 Å². The Kier molecular flexibility index (Phi) is 5.19. The highest BCUT2D eigenvalue weighted by atomic mass is 19.3. The molecule has 2 nitrogen and oxygen atoms in total. The first kappa shape index (κ1) is 14.7. The lowest BCUT2D eigenvalue weighted by Crippen LogP contribution is -2.51. The Hall–Kier alpha value is -0.360. The van der Waals surface area contributed by atoms with Gasteiger partial charge in [0.05, 0.1) is 6.54 Å². The number of hydrogen-bond acceptors (Lipinski definition) is 2. The molecule has 17 heavy (non-hydrogen) atoms. The lowest BCUT2D eigenvalue weighted by molar-refractivity contribution is -0.144. The maximum atomic E-state index is 12.9. The number of alkyl halides is 4. The maximum absolute atomic E-state index is 12.9. The summed E-state index contributed by atoms with van der Waals surface area (Å²) in [5.74, 6) is -3.90. The molecule has 1 aliphatic rings. The van der Waals surface area contributed by atoms with E-state index in [1.54, 1.807) is 0 Å². The van der Waals surface area contributed by atoms with E-state index in [9.17, 15) is 17.6 Å². The summed E-state index contributed by atoms with van der Waals surface area (Å²) in [6, 6.07) is 0.396. The summed E-state index contributed by atoms with van der Waals surface area (Å²) in [6.45, 7) is 4.00. The monoisotopic (exact) mass is 256 g/mol. The summed E-state index contributed by atoms with van der Waals surface area (Å²) < 4.78 is 50.0. The number of hydrogen-bond donors (Lipinski definition) is 1. The minimum absolute atomic E-state index is 0.122. The van der Waals surface area contributed by atoms with Gasteiger partial charge in [-0.05, 0) is 19.4 Å². The van der Waals surface area contributed by atoms with Crippen molar-refractivity contribution in [2.24, 2.45) is 0 Å². The molecule has 1 saturated heterocycles. The van der Waals surface area contributed by atoms with Gasteiger partial charge in [-0.25, -0.2) is 8.78 Å². The zero-order valence-corrected chi connectivity index (χ0v) is 10.2. The third kappa shape index (κ3) is 4.79. The van der Waals surface area contributed by atoms with Crippen molar-refractivity contribution in [2.75, 3.05) is 19.6 Å². The molecule has 1 heterocycles. The molecule has 0 spiro atoms. The largest absolute Gasteiger partial charge is 0.319 e. The van der Waals surface area contributed by atoms with Crippen LogP contribution >= 0.6 is 0 Å². The molecule has 0 aromatic rings. The summed E-state index contributed by atoms with van der Waals surface area (Å²) in [5.41, 5.74) is 0. The first-order chi connectivity index (χ1) is 7.81. The van der Waals surface area contributed by atoms with Gasteiger partial charge >= 0.3 is 12.3 Å². The van der Waals surface area contributed by atoms with Crippen LogP contribution < -0.4 is 5.32 Å². The molecule has 102 valence electrons. The number of likely N-dealkylation sites (tertiary alicyclic amines) is 1.